The van der Waals surface area contributed by atoms with Crippen molar-refractivity contribution in [2.75, 3.05) is 4.90 Å². The minimum atomic E-state index is 1.08. The van der Waals surface area contributed by atoms with E-state index in [-0.39, 0.29) is 0 Å². The van der Waals surface area contributed by atoms with E-state index in [1.54, 1.807) is 0 Å². The van der Waals surface area contributed by atoms with E-state index in [0.29, 0.717) is 0 Å². The van der Waals surface area contributed by atoms with Crippen LogP contribution in [0.4, 0.5) is 17.1 Å². The maximum Gasteiger partial charge on any atom is 0.0540 e. The molecule has 0 saturated heterocycles. The zero-order chi connectivity index (χ0) is 41.2. The Labute approximate surface area is 367 Å². The van der Waals surface area contributed by atoms with Gasteiger partial charge in [0.15, 0.2) is 0 Å². The van der Waals surface area contributed by atoms with Crippen LogP contribution >= 0.6 is 11.3 Å². The molecule has 11 aromatic rings. The molecule has 292 valence electrons. The Morgan fingerprint density at radius 1 is 0.242 bits per heavy atom. The van der Waals surface area contributed by atoms with Crippen molar-refractivity contribution in [1.29, 1.82) is 0 Å². The molecule has 2 heteroatoms. The molecule has 0 aliphatic carbocycles. The van der Waals surface area contributed by atoms with Crippen LogP contribution in [-0.4, -0.2) is 0 Å². The van der Waals surface area contributed by atoms with Gasteiger partial charge in [-0.2, -0.15) is 0 Å². The first-order valence-electron chi connectivity index (χ1n) is 21.2. The Bertz CT molecular complexity index is 3350. The largest absolute Gasteiger partial charge is 0.309 e. The molecule has 0 N–H and O–H groups in total. The molecule has 0 bridgehead atoms. The topological polar surface area (TPSA) is 3.24 Å². The summed E-state index contributed by atoms with van der Waals surface area (Å²) in [5.74, 6) is 0. The van der Waals surface area contributed by atoms with Crippen LogP contribution in [0.25, 0.3) is 86.9 Å². The molecule has 0 fully saturated rings. The molecule has 1 heterocycles. The Morgan fingerprint density at radius 2 is 0.613 bits per heavy atom. The van der Waals surface area contributed by atoms with Crippen LogP contribution in [0.2, 0.25) is 0 Å². The lowest BCUT2D eigenvalue weighted by atomic mass is 9.88. The van der Waals surface area contributed by atoms with Gasteiger partial charge in [-0.05, 0) is 80.4 Å². The van der Waals surface area contributed by atoms with Gasteiger partial charge in [-0.25, -0.2) is 0 Å². The highest BCUT2D eigenvalue weighted by Crippen LogP contribution is 2.49. The molecule has 0 unspecified atom stereocenters. The van der Waals surface area contributed by atoms with Crippen LogP contribution < -0.4 is 4.90 Å². The van der Waals surface area contributed by atoms with Crippen molar-refractivity contribution in [2.45, 2.75) is 0 Å². The van der Waals surface area contributed by atoms with Gasteiger partial charge >= 0.3 is 0 Å². The number of para-hydroxylation sites is 2. The maximum atomic E-state index is 2.48. The Balaban J connectivity index is 1.13. The SMILES string of the molecule is c1ccc(-c2ccccc2-c2ccc(N(c3ccccc3-c3ccccc3-c3ccccc3-c3ccccc3)c3ccccc3-c3cccc4c3sc3ccccc34)cc2)cc1. The molecule has 0 amide bonds. The lowest BCUT2D eigenvalue weighted by Gasteiger charge is -2.30. The van der Waals surface area contributed by atoms with Gasteiger partial charge in [-0.1, -0.05) is 218 Å². The number of hydrogen-bond donors (Lipinski definition) is 0. The lowest BCUT2D eigenvalue weighted by Crippen LogP contribution is -2.12. The zero-order valence-electron chi connectivity index (χ0n) is 34.0. The van der Waals surface area contributed by atoms with E-state index >= 15 is 0 Å². The van der Waals surface area contributed by atoms with Gasteiger partial charge < -0.3 is 4.90 Å². The normalized spacial score (nSPS) is 11.2. The molecular formula is C60H41NS. The fourth-order valence-electron chi connectivity index (χ4n) is 9.09. The van der Waals surface area contributed by atoms with Crippen molar-refractivity contribution in [2.24, 2.45) is 0 Å². The monoisotopic (exact) mass is 807 g/mol. The highest BCUT2D eigenvalue weighted by atomic mass is 32.1. The third-order valence-electron chi connectivity index (χ3n) is 12.0. The first-order chi connectivity index (χ1) is 30.8. The number of thiophene rings is 1. The van der Waals surface area contributed by atoms with E-state index in [0.717, 1.165) is 22.6 Å². The number of benzene rings is 10. The van der Waals surface area contributed by atoms with Gasteiger partial charge in [0, 0.05) is 42.6 Å². The fourth-order valence-corrected chi connectivity index (χ4v) is 10.3. The molecule has 62 heavy (non-hydrogen) atoms. The summed E-state index contributed by atoms with van der Waals surface area (Å²) >= 11 is 1.87. The third-order valence-corrected chi connectivity index (χ3v) is 13.2. The van der Waals surface area contributed by atoms with E-state index in [2.05, 4.69) is 254 Å². The number of anilines is 3. The van der Waals surface area contributed by atoms with Gasteiger partial charge in [0.1, 0.15) is 0 Å². The molecule has 0 aliphatic rings. The van der Waals surface area contributed by atoms with Crippen LogP contribution in [0.3, 0.4) is 0 Å². The number of hydrogen-bond acceptors (Lipinski definition) is 2. The van der Waals surface area contributed by atoms with Crippen molar-refractivity contribution < 1.29 is 0 Å². The Morgan fingerprint density at radius 3 is 1.19 bits per heavy atom. The first-order valence-corrected chi connectivity index (χ1v) is 22.0. The second-order valence-corrected chi connectivity index (χ2v) is 16.6. The summed E-state index contributed by atoms with van der Waals surface area (Å²) in [4.78, 5) is 2.48. The summed E-state index contributed by atoms with van der Waals surface area (Å²) in [6, 6.07) is 90.3. The first kappa shape index (κ1) is 37.2. The lowest BCUT2D eigenvalue weighted by molar-refractivity contribution is 1.28. The second-order valence-electron chi connectivity index (χ2n) is 15.6. The van der Waals surface area contributed by atoms with Gasteiger partial charge in [0.05, 0.1) is 11.4 Å². The minimum absolute atomic E-state index is 1.08. The molecule has 1 nitrogen and oxygen atoms in total. The van der Waals surface area contributed by atoms with Crippen molar-refractivity contribution >= 4 is 48.6 Å². The Kier molecular flexibility index (Phi) is 9.82. The summed E-state index contributed by atoms with van der Waals surface area (Å²) in [6.45, 7) is 0. The molecule has 0 radical (unpaired) electrons. The van der Waals surface area contributed by atoms with Crippen LogP contribution in [0, 0.1) is 0 Å². The standard InChI is InChI=1S/C60H41NS/c1-3-20-42(21-4-1)46-24-7-8-25-47(46)44-38-40-45(41-39-44)61(58-36-17-14-31-53(58)55-33-19-34-56-54-32-15-18-37-59(54)62-60(55)56)57-35-16-13-30-52(57)51-29-12-11-28-50(51)49-27-10-9-26-48(49)43-22-5-2-6-23-43/h1-41H. The van der Waals surface area contributed by atoms with E-state index < -0.39 is 0 Å². The molecular weight excluding hydrogens is 767 g/mol. The van der Waals surface area contributed by atoms with E-state index in [4.69, 9.17) is 0 Å². The van der Waals surface area contributed by atoms with Crippen LogP contribution in [0.5, 0.6) is 0 Å². The fraction of sp³-hybridized carbons (Fsp3) is 0. The summed E-state index contributed by atoms with van der Waals surface area (Å²) in [5.41, 5.74) is 17.6. The highest BCUT2D eigenvalue weighted by Gasteiger charge is 2.23. The summed E-state index contributed by atoms with van der Waals surface area (Å²) in [7, 11) is 0. The zero-order valence-corrected chi connectivity index (χ0v) is 34.8. The maximum absolute atomic E-state index is 2.48. The molecule has 10 aromatic carbocycles. The van der Waals surface area contributed by atoms with Crippen LogP contribution in [0.1, 0.15) is 0 Å². The van der Waals surface area contributed by atoms with E-state index in [1.165, 1.54) is 81.4 Å². The average Bonchev–Trinajstić information content (AvgIpc) is 3.74. The van der Waals surface area contributed by atoms with Crippen molar-refractivity contribution in [1.82, 2.24) is 0 Å². The molecule has 0 spiro atoms. The van der Waals surface area contributed by atoms with Crippen LogP contribution in [-0.2, 0) is 0 Å². The second kappa shape index (κ2) is 16.3. The number of rotatable bonds is 9. The Hall–Kier alpha value is -7.78. The molecule has 0 atom stereocenters. The predicted octanol–water partition coefficient (Wildman–Crippen LogP) is 17.5. The molecule has 0 aliphatic heterocycles. The van der Waals surface area contributed by atoms with Gasteiger partial charge in [-0.15, -0.1) is 11.3 Å². The number of fused-ring (bicyclic) bond motifs is 3. The van der Waals surface area contributed by atoms with Gasteiger partial charge in [-0.3, -0.25) is 0 Å². The molecule has 11 rings (SSSR count). The quantitative estimate of drug-likeness (QED) is 0.140. The third kappa shape index (κ3) is 6.77. The van der Waals surface area contributed by atoms with Gasteiger partial charge in [0.25, 0.3) is 0 Å². The highest BCUT2D eigenvalue weighted by molar-refractivity contribution is 7.26. The van der Waals surface area contributed by atoms with E-state index in [1.807, 2.05) is 11.3 Å². The van der Waals surface area contributed by atoms with Gasteiger partial charge in [0.2, 0.25) is 0 Å². The predicted molar refractivity (Wildman–Crippen MR) is 267 cm³/mol. The van der Waals surface area contributed by atoms with Crippen molar-refractivity contribution in [3.05, 3.63) is 249 Å². The number of nitrogens with zero attached hydrogens (tertiary/aromatic N) is 1. The van der Waals surface area contributed by atoms with E-state index in [9.17, 15) is 0 Å². The smallest absolute Gasteiger partial charge is 0.0540 e. The minimum Gasteiger partial charge on any atom is -0.309 e. The molecule has 0 saturated carbocycles. The summed E-state index contributed by atoms with van der Waals surface area (Å²) in [5, 5.41) is 2.59. The summed E-state index contributed by atoms with van der Waals surface area (Å²) in [6.07, 6.45) is 0. The summed E-state index contributed by atoms with van der Waals surface area (Å²) < 4.78 is 2.60. The van der Waals surface area contributed by atoms with Crippen molar-refractivity contribution in [3.63, 3.8) is 0 Å². The molecule has 1 aromatic heterocycles. The van der Waals surface area contributed by atoms with Crippen molar-refractivity contribution in [3.8, 4) is 66.8 Å². The average molecular weight is 808 g/mol. The van der Waals surface area contributed by atoms with Crippen LogP contribution in [0.15, 0.2) is 249 Å².